The van der Waals surface area contributed by atoms with E-state index >= 15 is 0 Å². The quantitative estimate of drug-likeness (QED) is 0.399. The third-order valence-electron chi connectivity index (χ3n) is 5.04. The number of carbonyl (C=O) groups excluding carboxylic acids is 1. The first-order chi connectivity index (χ1) is 16.4. The van der Waals surface area contributed by atoms with Gasteiger partial charge < -0.3 is 10.1 Å². The minimum atomic E-state index is -3.80. The van der Waals surface area contributed by atoms with E-state index in [-0.39, 0.29) is 16.4 Å². The van der Waals surface area contributed by atoms with Gasteiger partial charge in [-0.3, -0.25) is 9.52 Å². The molecule has 0 fully saturated rings. The lowest BCUT2D eigenvalue weighted by atomic mass is 10.1. The molecule has 186 valence electrons. The predicted octanol–water partition coefficient (Wildman–Crippen LogP) is 3.34. The number of aryl methyl sites for hydroxylation is 3. The monoisotopic (exact) mass is 517 g/mol. The van der Waals surface area contributed by atoms with Crippen LogP contribution in [0, 0.1) is 20.8 Å². The molecule has 3 aromatic rings. The number of hydrogen-bond donors (Lipinski definition) is 3. The van der Waals surface area contributed by atoms with Crippen LogP contribution in [0.1, 0.15) is 16.7 Å². The van der Waals surface area contributed by atoms with Crippen LogP contribution in [0.4, 0.5) is 11.4 Å². The van der Waals surface area contributed by atoms with Crippen LogP contribution >= 0.6 is 0 Å². The molecule has 3 N–H and O–H groups in total. The zero-order chi connectivity index (χ0) is 25.8. The third kappa shape index (κ3) is 6.81. The summed E-state index contributed by atoms with van der Waals surface area (Å²) in [7, 11) is -6.15. The van der Waals surface area contributed by atoms with E-state index in [0.29, 0.717) is 22.7 Å². The zero-order valence-corrected chi connectivity index (χ0v) is 21.4. The topological polar surface area (TPSA) is 131 Å². The van der Waals surface area contributed by atoms with Gasteiger partial charge in [-0.15, -0.1) is 0 Å². The molecule has 11 heteroatoms. The van der Waals surface area contributed by atoms with Crippen LogP contribution < -0.4 is 19.5 Å². The molecule has 0 unspecified atom stereocenters. The van der Waals surface area contributed by atoms with Gasteiger partial charge in [-0.1, -0.05) is 12.1 Å². The maximum atomic E-state index is 12.7. The number of nitrogens with one attached hydrogen (secondary N) is 3. The van der Waals surface area contributed by atoms with Crippen LogP contribution in [0.3, 0.4) is 0 Å². The molecule has 0 heterocycles. The SMILES string of the molecule is CNS(=O)(=O)c1ccc(C)c(NC(=O)COc2ccc(S(=O)(=O)Nc3cc(C)cc(C)c3)cc2)c1. The van der Waals surface area contributed by atoms with Crippen molar-refractivity contribution in [1.29, 1.82) is 0 Å². The maximum Gasteiger partial charge on any atom is 0.262 e. The van der Waals surface area contributed by atoms with Gasteiger partial charge in [0.1, 0.15) is 5.75 Å². The molecule has 0 atom stereocenters. The van der Waals surface area contributed by atoms with Crippen molar-refractivity contribution in [2.75, 3.05) is 23.7 Å². The molecule has 0 saturated heterocycles. The number of amides is 1. The van der Waals surface area contributed by atoms with E-state index in [9.17, 15) is 21.6 Å². The number of rotatable bonds is 9. The fourth-order valence-electron chi connectivity index (χ4n) is 3.32. The van der Waals surface area contributed by atoms with Gasteiger partial charge in [0.2, 0.25) is 10.0 Å². The standard InChI is InChI=1S/C24H27N3O6S2/c1-16-11-17(2)13-19(12-16)27-35(31,32)21-9-6-20(7-10-21)33-15-24(28)26-23-14-22(8-5-18(23)3)34(29,30)25-4/h5-14,25,27H,15H2,1-4H3,(H,26,28). The minimum absolute atomic E-state index is 0.0213. The molecule has 9 nitrogen and oxygen atoms in total. The molecular formula is C24H27N3O6S2. The summed E-state index contributed by atoms with van der Waals surface area (Å²) in [4.78, 5) is 12.4. The molecule has 0 aliphatic rings. The molecule has 0 radical (unpaired) electrons. The average molecular weight is 518 g/mol. The van der Waals surface area contributed by atoms with Gasteiger partial charge in [0, 0.05) is 11.4 Å². The van der Waals surface area contributed by atoms with Crippen LogP contribution in [-0.2, 0) is 24.8 Å². The second kappa shape index (κ2) is 10.5. The predicted molar refractivity (Wildman–Crippen MR) is 135 cm³/mol. The molecule has 0 aliphatic carbocycles. The number of carbonyl (C=O) groups is 1. The second-order valence-electron chi connectivity index (χ2n) is 7.97. The number of sulfonamides is 2. The van der Waals surface area contributed by atoms with E-state index in [1.807, 2.05) is 19.9 Å². The van der Waals surface area contributed by atoms with Gasteiger partial charge in [-0.05, 0) is 93.0 Å². The lowest BCUT2D eigenvalue weighted by Crippen LogP contribution is -2.22. The van der Waals surface area contributed by atoms with Crippen LogP contribution in [-0.4, -0.2) is 36.4 Å². The number of anilines is 2. The molecule has 0 spiro atoms. The Balaban J connectivity index is 1.63. The largest absolute Gasteiger partial charge is 0.484 e. The summed E-state index contributed by atoms with van der Waals surface area (Å²) in [6.07, 6.45) is 0. The van der Waals surface area contributed by atoms with Crippen molar-refractivity contribution in [2.45, 2.75) is 30.6 Å². The molecule has 35 heavy (non-hydrogen) atoms. The zero-order valence-electron chi connectivity index (χ0n) is 19.7. The van der Waals surface area contributed by atoms with Crippen molar-refractivity contribution in [3.63, 3.8) is 0 Å². The fraction of sp³-hybridized carbons (Fsp3) is 0.208. The molecule has 1 amide bonds. The maximum absolute atomic E-state index is 12.7. The highest BCUT2D eigenvalue weighted by Gasteiger charge is 2.16. The highest BCUT2D eigenvalue weighted by molar-refractivity contribution is 7.92. The van der Waals surface area contributed by atoms with E-state index in [0.717, 1.165) is 11.1 Å². The average Bonchev–Trinajstić information content (AvgIpc) is 2.78. The van der Waals surface area contributed by atoms with Crippen molar-refractivity contribution < 1.29 is 26.4 Å². The highest BCUT2D eigenvalue weighted by Crippen LogP contribution is 2.22. The summed E-state index contributed by atoms with van der Waals surface area (Å²) in [6, 6.07) is 15.5. The van der Waals surface area contributed by atoms with Gasteiger partial charge in [-0.25, -0.2) is 21.6 Å². The first-order valence-electron chi connectivity index (χ1n) is 10.6. The van der Waals surface area contributed by atoms with Gasteiger partial charge in [-0.2, -0.15) is 0 Å². The summed E-state index contributed by atoms with van der Waals surface area (Å²) < 4.78 is 59.6. The van der Waals surface area contributed by atoms with Crippen molar-refractivity contribution in [2.24, 2.45) is 0 Å². The van der Waals surface area contributed by atoms with Crippen LogP contribution in [0.5, 0.6) is 5.75 Å². The normalized spacial score (nSPS) is 11.7. The van der Waals surface area contributed by atoms with Crippen LogP contribution in [0.25, 0.3) is 0 Å². The van der Waals surface area contributed by atoms with E-state index < -0.39 is 26.0 Å². The molecule has 0 aliphatic heterocycles. The highest BCUT2D eigenvalue weighted by atomic mass is 32.2. The Morgan fingerprint density at radius 3 is 2.00 bits per heavy atom. The molecular weight excluding hydrogens is 490 g/mol. The van der Waals surface area contributed by atoms with Crippen molar-refractivity contribution in [3.05, 3.63) is 77.4 Å². The van der Waals surface area contributed by atoms with E-state index in [2.05, 4.69) is 14.8 Å². The van der Waals surface area contributed by atoms with Gasteiger partial charge in [0.05, 0.1) is 9.79 Å². The van der Waals surface area contributed by atoms with Crippen LogP contribution in [0.2, 0.25) is 0 Å². The Morgan fingerprint density at radius 1 is 0.800 bits per heavy atom. The summed E-state index contributed by atoms with van der Waals surface area (Å²) in [5.41, 5.74) is 3.38. The third-order valence-corrected chi connectivity index (χ3v) is 7.85. The second-order valence-corrected chi connectivity index (χ2v) is 11.5. The van der Waals surface area contributed by atoms with E-state index in [1.54, 1.807) is 25.1 Å². The van der Waals surface area contributed by atoms with Crippen LogP contribution in [0.15, 0.2) is 70.5 Å². The summed E-state index contributed by atoms with van der Waals surface area (Å²) in [5.74, 6) is -0.200. The Morgan fingerprint density at radius 2 is 1.40 bits per heavy atom. The number of benzene rings is 3. The van der Waals surface area contributed by atoms with Crippen molar-refractivity contribution in [3.8, 4) is 5.75 Å². The lowest BCUT2D eigenvalue weighted by molar-refractivity contribution is -0.118. The summed E-state index contributed by atoms with van der Waals surface area (Å²) >= 11 is 0. The van der Waals surface area contributed by atoms with E-state index in [1.165, 1.54) is 43.4 Å². The number of ether oxygens (including phenoxy) is 1. The minimum Gasteiger partial charge on any atom is -0.484 e. The molecule has 0 saturated carbocycles. The first-order valence-corrected chi connectivity index (χ1v) is 13.5. The van der Waals surface area contributed by atoms with Gasteiger partial charge in [0.15, 0.2) is 6.61 Å². The molecule has 0 aromatic heterocycles. The van der Waals surface area contributed by atoms with E-state index in [4.69, 9.17) is 4.74 Å². The molecule has 3 rings (SSSR count). The molecule has 0 bridgehead atoms. The summed E-state index contributed by atoms with van der Waals surface area (Å²) in [5, 5.41) is 2.63. The van der Waals surface area contributed by atoms with Crippen molar-refractivity contribution >= 4 is 37.3 Å². The Bertz CT molecular complexity index is 1430. The van der Waals surface area contributed by atoms with Gasteiger partial charge >= 0.3 is 0 Å². The lowest BCUT2D eigenvalue weighted by Gasteiger charge is -2.12. The Kier molecular flexibility index (Phi) is 7.83. The summed E-state index contributed by atoms with van der Waals surface area (Å²) in [6.45, 7) is 5.15. The molecule has 3 aromatic carbocycles. The Labute approximate surface area is 205 Å². The smallest absolute Gasteiger partial charge is 0.262 e. The Hall–Kier alpha value is -3.41. The first kappa shape index (κ1) is 26.2. The number of hydrogen-bond acceptors (Lipinski definition) is 6. The fourth-order valence-corrected chi connectivity index (χ4v) is 5.11. The van der Waals surface area contributed by atoms with Gasteiger partial charge in [0.25, 0.3) is 15.9 Å². The van der Waals surface area contributed by atoms with Crippen molar-refractivity contribution in [1.82, 2.24) is 4.72 Å².